The van der Waals surface area contributed by atoms with Crippen molar-refractivity contribution in [3.05, 3.63) is 35.1 Å². The van der Waals surface area contributed by atoms with Gasteiger partial charge in [-0.2, -0.15) is 0 Å². The Morgan fingerprint density at radius 3 is 2.68 bits per heavy atom. The highest BCUT2D eigenvalue weighted by Crippen LogP contribution is 2.37. The van der Waals surface area contributed by atoms with Gasteiger partial charge in [-0.05, 0) is 38.3 Å². The Morgan fingerprint density at radius 1 is 1.37 bits per heavy atom. The van der Waals surface area contributed by atoms with Crippen molar-refractivity contribution in [2.45, 2.75) is 46.1 Å². The number of likely N-dealkylation sites (tertiary alicyclic amines) is 1. The number of benzene rings is 1. The fourth-order valence-corrected chi connectivity index (χ4v) is 3.17. The molecule has 104 valence electrons. The zero-order chi connectivity index (χ0) is 14.2. The first-order valence-electron chi connectivity index (χ1n) is 7.02. The Labute approximate surface area is 114 Å². The van der Waals surface area contributed by atoms with Gasteiger partial charge in [0.15, 0.2) is 0 Å². The number of aryl methyl sites for hydroxylation is 1. The van der Waals surface area contributed by atoms with Crippen LogP contribution in [0.4, 0.5) is 4.39 Å². The molecule has 0 aromatic heterocycles. The first kappa shape index (κ1) is 14.0. The van der Waals surface area contributed by atoms with Crippen LogP contribution in [0.25, 0.3) is 0 Å². The van der Waals surface area contributed by atoms with Crippen LogP contribution in [0.15, 0.2) is 18.2 Å². The second-order valence-corrected chi connectivity index (χ2v) is 5.59. The van der Waals surface area contributed by atoms with E-state index < -0.39 is 0 Å². The van der Waals surface area contributed by atoms with Crippen LogP contribution in [0.1, 0.15) is 44.2 Å². The molecule has 2 nitrogen and oxygen atoms in total. The number of carbonyl (C=O) groups is 1. The summed E-state index contributed by atoms with van der Waals surface area (Å²) in [6, 6.07) is 5.61. The number of piperidine rings is 1. The Bertz CT molecular complexity index is 486. The van der Waals surface area contributed by atoms with E-state index in [1.54, 1.807) is 13.0 Å². The van der Waals surface area contributed by atoms with E-state index in [9.17, 15) is 9.18 Å². The summed E-state index contributed by atoms with van der Waals surface area (Å²) in [7, 11) is 0. The predicted molar refractivity (Wildman–Crippen MR) is 74.5 cm³/mol. The van der Waals surface area contributed by atoms with E-state index in [4.69, 9.17) is 0 Å². The highest BCUT2D eigenvalue weighted by molar-refractivity contribution is 5.80. The van der Waals surface area contributed by atoms with E-state index in [0.29, 0.717) is 12.1 Å². The van der Waals surface area contributed by atoms with Crippen LogP contribution >= 0.6 is 0 Å². The van der Waals surface area contributed by atoms with Gasteiger partial charge >= 0.3 is 0 Å². The molecular formula is C16H22FNO. The molecule has 0 N–H and O–H groups in total. The second-order valence-electron chi connectivity index (χ2n) is 5.59. The molecule has 0 bridgehead atoms. The quantitative estimate of drug-likeness (QED) is 0.799. The zero-order valence-corrected chi connectivity index (χ0v) is 12.1. The summed E-state index contributed by atoms with van der Waals surface area (Å²) >= 11 is 0. The van der Waals surface area contributed by atoms with Crippen molar-refractivity contribution < 1.29 is 9.18 Å². The Kier molecular flexibility index (Phi) is 3.93. The first-order chi connectivity index (χ1) is 8.97. The summed E-state index contributed by atoms with van der Waals surface area (Å²) in [5.41, 5.74) is 1.43. The number of carbonyl (C=O) groups excluding carboxylic acids is 1. The van der Waals surface area contributed by atoms with Gasteiger partial charge in [-0.25, -0.2) is 4.39 Å². The molecule has 0 saturated carbocycles. The number of hydrogen-bond donors (Lipinski definition) is 0. The summed E-state index contributed by atoms with van der Waals surface area (Å²) in [5, 5.41) is 0. The highest BCUT2D eigenvalue weighted by atomic mass is 19.1. The smallest absolute Gasteiger partial charge is 0.225 e. The van der Waals surface area contributed by atoms with Gasteiger partial charge in [-0.15, -0.1) is 0 Å². The molecule has 1 aliphatic heterocycles. The van der Waals surface area contributed by atoms with Gasteiger partial charge in [0.05, 0.1) is 0 Å². The normalized spacial score (nSPS) is 27.7. The van der Waals surface area contributed by atoms with Crippen molar-refractivity contribution in [3.63, 3.8) is 0 Å². The Balaban J connectivity index is 2.39. The molecule has 1 saturated heterocycles. The zero-order valence-electron chi connectivity index (χ0n) is 12.1. The van der Waals surface area contributed by atoms with Crippen LogP contribution in [0.2, 0.25) is 0 Å². The standard InChI is InChI=1S/C16H22FNO/c1-5-18-12(4)14(9-11(3)16(18)19)13-8-6-7-10(2)15(13)17/h6-8,11-12,14H,5,9H2,1-4H3/t11-,12+,14+/m0/s1. The molecule has 0 radical (unpaired) electrons. The summed E-state index contributed by atoms with van der Waals surface area (Å²) in [4.78, 5) is 14.0. The topological polar surface area (TPSA) is 20.3 Å². The van der Waals surface area contributed by atoms with Gasteiger partial charge in [0.25, 0.3) is 0 Å². The average Bonchev–Trinajstić information content (AvgIpc) is 2.38. The summed E-state index contributed by atoms with van der Waals surface area (Å²) < 4.78 is 14.3. The van der Waals surface area contributed by atoms with Crippen molar-refractivity contribution >= 4 is 5.91 Å². The van der Waals surface area contributed by atoms with Crippen LogP contribution in [-0.2, 0) is 4.79 Å². The maximum absolute atomic E-state index is 14.3. The molecule has 19 heavy (non-hydrogen) atoms. The van der Waals surface area contributed by atoms with E-state index in [1.165, 1.54) is 0 Å². The maximum Gasteiger partial charge on any atom is 0.225 e. The summed E-state index contributed by atoms with van der Waals surface area (Å²) in [6.45, 7) is 8.43. The molecular weight excluding hydrogens is 241 g/mol. The second kappa shape index (κ2) is 5.32. The van der Waals surface area contributed by atoms with Crippen LogP contribution in [0.5, 0.6) is 0 Å². The van der Waals surface area contributed by atoms with Gasteiger partial charge in [0.1, 0.15) is 5.82 Å². The lowest BCUT2D eigenvalue weighted by atomic mass is 9.79. The van der Waals surface area contributed by atoms with Crippen molar-refractivity contribution in [1.29, 1.82) is 0 Å². The van der Waals surface area contributed by atoms with E-state index >= 15 is 0 Å². The minimum Gasteiger partial charge on any atom is -0.339 e. The lowest BCUT2D eigenvalue weighted by Gasteiger charge is -2.42. The summed E-state index contributed by atoms with van der Waals surface area (Å²) in [5.74, 6) is 0.143. The van der Waals surface area contributed by atoms with Crippen molar-refractivity contribution in [2.75, 3.05) is 6.54 Å². The lowest BCUT2D eigenvalue weighted by Crippen LogP contribution is -2.49. The molecule has 0 aliphatic carbocycles. The highest BCUT2D eigenvalue weighted by Gasteiger charge is 2.38. The minimum atomic E-state index is -0.114. The molecule has 3 atom stereocenters. The van der Waals surface area contributed by atoms with Crippen molar-refractivity contribution in [1.82, 2.24) is 4.90 Å². The van der Waals surface area contributed by atoms with Gasteiger partial charge in [-0.3, -0.25) is 4.79 Å². The maximum atomic E-state index is 14.3. The van der Waals surface area contributed by atoms with Crippen molar-refractivity contribution in [2.24, 2.45) is 5.92 Å². The molecule has 1 heterocycles. The Hall–Kier alpha value is -1.38. The van der Waals surface area contributed by atoms with Crippen LogP contribution in [0, 0.1) is 18.7 Å². The lowest BCUT2D eigenvalue weighted by molar-refractivity contribution is -0.141. The van der Waals surface area contributed by atoms with Gasteiger partial charge in [0, 0.05) is 24.4 Å². The van der Waals surface area contributed by atoms with Crippen molar-refractivity contribution in [3.8, 4) is 0 Å². The van der Waals surface area contributed by atoms with E-state index in [2.05, 4.69) is 0 Å². The van der Waals surface area contributed by atoms with E-state index in [1.807, 2.05) is 37.8 Å². The minimum absolute atomic E-state index is 0.0268. The monoisotopic (exact) mass is 263 g/mol. The number of hydrogen-bond acceptors (Lipinski definition) is 1. The first-order valence-corrected chi connectivity index (χ1v) is 7.02. The van der Waals surface area contributed by atoms with Gasteiger partial charge in [-0.1, -0.05) is 25.1 Å². The molecule has 2 rings (SSSR count). The number of halogens is 1. The van der Waals surface area contributed by atoms with Gasteiger partial charge in [0.2, 0.25) is 5.91 Å². The van der Waals surface area contributed by atoms with Crippen LogP contribution < -0.4 is 0 Å². The number of rotatable bonds is 2. The third-order valence-corrected chi connectivity index (χ3v) is 4.35. The van der Waals surface area contributed by atoms with E-state index in [0.717, 1.165) is 12.0 Å². The summed E-state index contributed by atoms with van der Waals surface area (Å²) in [6.07, 6.45) is 0.733. The molecule has 1 aromatic carbocycles. The predicted octanol–water partition coefficient (Wildman–Crippen LogP) is 3.49. The number of amides is 1. The third kappa shape index (κ3) is 2.38. The average molecular weight is 263 g/mol. The largest absolute Gasteiger partial charge is 0.339 e. The fraction of sp³-hybridized carbons (Fsp3) is 0.562. The van der Waals surface area contributed by atoms with Crippen LogP contribution in [0.3, 0.4) is 0 Å². The number of nitrogens with zero attached hydrogens (tertiary/aromatic N) is 1. The van der Waals surface area contributed by atoms with Crippen LogP contribution in [-0.4, -0.2) is 23.4 Å². The van der Waals surface area contributed by atoms with Gasteiger partial charge < -0.3 is 4.90 Å². The van der Waals surface area contributed by atoms with E-state index in [-0.39, 0.29) is 29.6 Å². The molecule has 1 amide bonds. The molecule has 1 aromatic rings. The molecule has 1 aliphatic rings. The SMILES string of the molecule is CCN1C(=O)[C@@H](C)C[C@@H](c2cccc(C)c2F)[C@H]1C. The third-order valence-electron chi connectivity index (χ3n) is 4.35. The Morgan fingerprint density at radius 2 is 2.05 bits per heavy atom. The molecule has 0 unspecified atom stereocenters. The fourth-order valence-electron chi connectivity index (χ4n) is 3.17. The molecule has 0 spiro atoms. The number of likely N-dealkylation sites (N-methyl/N-ethyl adjacent to an activating group) is 1. The molecule has 1 fully saturated rings. The molecule has 3 heteroatoms.